The molecule has 4 aromatic rings. The van der Waals surface area contributed by atoms with E-state index in [4.69, 9.17) is 10.5 Å². The van der Waals surface area contributed by atoms with Crippen LogP contribution >= 0.6 is 11.3 Å². The second kappa shape index (κ2) is 11.1. The van der Waals surface area contributed by atoms with Crippen molar-refractivity contribution in [1.82, 2.24) is 24.8 Å². The molecule has 0 saturated carbocycles. The number of carbonyl (C=O) groups excluding carboxylic acids is 1. The number of halogens is 6. The number of ether oxygens (including phenoxy) is 1. The molecule has 2 aromatic carbocycles. The molecule has 2 atom stereocenters. The van der Waals surface area contributed by atoms with Crippen LogP contribution in [0.1, 0.15) is 12.0 Å². The van der Waals surface area contributed by atoms with Crippen LogP contribution in [0.25, 0.3) is 32.2 Å². The first-order valence-electron chi connectivity index (χ1n) is 13.4. The highest BCUT2D eigenvalue weighted by Crippen LogP contribution is 2.45. The van der Waals surface area contributed by atoms with Crippen molar-refractivity contribution in [3.8, 4) is 17.1 Å². The van der Waals surface area contributed by atoms with Gasteiger partial charge in [-0.1, -0.05) is 17.9 Å². The van der Waals surface area contributed by atoms with Gasteiger partial charge in [-0.3, -0.25) is 9.69 Å². The summed E-state index contributed by atoms with van der Waals surface area (Å²) >= 11 is 0.721. The zero-order chi connectivity index (χ0) is 31.5. The van der Waals surface area contributed by atoms with Gasteiger partial charge in [0.25, 0.3) is 0 Å². The van der Waals surface area contributed by atoms with E-state index in [0.29, 0.717) is 6.07 Å². The molecule has 232 valence electrons. The number of likely N-dealkylation sites (N-methyl/N-ethyl adjacent to an activating group) is 1. The van der Waals surface area contributed by atoms with Gasteiger partial charge >= 0.3 is 12.2 Å². The maximum atomic E-state index is 16.5. The van der Waals surface area contributed by atoms with Crippen LogP contribution in [0.3, 0.4) is 0 Å². The number of alkyl halides is 4. The van der Waals surface area contributed by atoms with Crippen molar-refractivity contribution in [2.45, 2.75) is 30.9 Å². The van der Waals surface area contributed by atoms with Crippen LogP contribution in [0.4, 0.5) is 37.3 Å². The molecule has 6 rings (SSSR count). The van der Waals surface area contributed by atoms with Gasteiger partial charge in [-0.05, 0) is 37.7 Å². The summed E-state index contributed by atoms with van der Waals surface area (Å²) in [6.45, 7) is 3.97. The number of amides is 1. The van der Waals surface area contributed by atoms with E-state index in [2.05, 4.69) is 26.8 Å². The van der Waals surface area contributed by atoms with Crippen LogP contribution < -0.4 is 15.8 Å². The minimum Gasteiger partial charge on any atom is -0.462 e. The average Bonchev–Trinajstić information content (AvgIpc) is 3.49. The van der Waals surface area contributed by atoms with Crippen LogP contribution in [-0.4, -0.2) is 82.2 Å². The van der Waals surface area contributed by atoms with Gasteiger partial charge in [-0.15, -0.1) is 0 Å². The SMILES string of the molecule is C=CC(=O)N1CC(Nc2nc(OCC3CC(F)CN3C)nc3c(F)c(-c4ccc(F)c5sc(N)nc45)c(C(F)(F)F)cc23)C1. The van der Waals surface area contributed by atoms with E-state index in [-0.39, 0.29) is 82.7 Å². The smallest absolute Gasteiger partial charge is 0.417 e. The highest BCUT2D eigenvalue weighted by molar-refractivity contribution is 7.22. The molecule has 2 aliphatic rings. The normalized spacial score (nSPS) is 19.5. The Morgan fingerprint density at radius 1 is 1.20 bits per heavy atom. The molecule has 2 fully saturated rings. The second-order valence-electron chi connectivity index (χ2n) is 10.7. The summed E-state index contributed by atoms with van der Waals surface area (Å²) in [6, 6.07) is 1.54. The maximum absolute atomic E-state index is 16.5. The van der Waals surface area contributed by atoms with Crippen LogP contribution in [-0.2, 0) is 11.0 Å². The molecule has 0 aliphatic carbocycles. The molecule has 1 amide bonds. The summed E-state index contributed by atoms with van der Waals surface area (Å²) in [5.74, 6) is -2.60. The standard InChI is InChI=1S/C28H25F6N7O2S/c1-3-19(42)41-9-13(10-41)36-25-16-7-17(28(32,33)34)20(15-4-5-18(30)24-23(15)37-26(35)44-24)21(31)22(16)38-27(39-25)43-11-14-6-12(29)8-40(14)2/h3-5,7,12-14H,1,6,8-11H2,2H3,(H2,35,37)(H,36,38,39). The third-order valence-corrected chi connectivity index (χ3v) is 8.64. The van der Waals surface area contributed by atoms with Gasteiger partial charge in [0.15, 0.2) is 10.9 Å². The second-order valence-corrected chi connectivity index (χ2v) is 11.7. The van der Waals surface area contributed by atoms with Gasteiger partial charge in [0.05, 0.1) is 21.8 Å². The number of aromatic nitrogens is 3. The van der Waals surface area contributed by atoms with E-state index in [0.717, 1.165) is 29.5 Å². The van der Waals surface area contributed by atoms with Crippen molar-refractivity contribution < 1.29 is 35.9 Å². The monoisotopic (exact) mass is 637 g/mol. The number of nitrogen functional groups attached to an aromatic ring is 1. The van der Waals surface area contributed by atoms with Crippen molar-refractivity contribution in [2.24, 2.45) is 0 Å². The predicted molar refractivity (Wildman–Crippen MR) is 153 cm³/mol. The largest absolute Gasteiger partial charge is 0.462 e. The number of anilines is 2. The summed E-state index contributed by atoms with van der Waals surface area (Å²) in [7, 11) is 1.72. The van der Waals surface area contributed by atoms with Crippen molar-refractivity contribution >= 4 is 49.3 Å². The lowest BCUT2D eigenvalue weighted by molar-refractivity contribution is -0.137. The van der Waals surface area contributed by atoms with Crippen LogP contribution in [0.2, 0.25) is 0 Å². The van der Waals surface area contributed by atoms with Crippen molar-refractivity contribution in [1.29, 1.82) is 0 Å². The third-order valence-electron chi connectivity index (χ3n) is 7.75. The minimum absolute atomic E-state index is 0.0568. The van der Waals surface area contributed by atoms with E-state index >= 15 is 4.39 Å². The first kappa shape index (κ1) is 29.9. The average molecular weight is 638 g/mol. The fraction of sp³-hybridized carbons (Fsp3) is 0.357. The number of nitrogens with two attached hydrogens (primary N) is 1. The quantitative estimate of drug-likeness (QED) is 0.215. The van der Waals surface area contributed by atoms with Crippen molar-refractivity contribution in [3.05, 3.63) is 48.1 Å². The number of thiazole rings is 1. The Morgan fingerprint density at radius 3 is 2.61 bits per heavy atom. The maximum Gasteiger partial charge on any atom is 0.417 e. The highest BCUT2D eigenvalue weighted by atomic mass is 32.1. The van der Waals surface area contributed by atoms with E-state index < -0.39 is 46.7 Å². The number of hydrogen-bond acceptors (Lipinski definition) is 9. The summed E-state index contributed by atoms with van der Waals surface area (Å²) in [5, 5.41) is 2.58. The molecule has 44 heavy (non-hydrogen) atoms. The molecule has 0 radical (unpaired) electrons. The fourth-order valence-electron chi connectivity index (χ4n) is 5.51. The number of nitrogens with one attached hydrogen (secondary N) is 1. The molecule has 2 aliphatic heterocycles. The van der Waals surface area contributed by atoms with Gasteiger partial charge in [-0.2, -0.15) is 23.1 Å². The topological polar surface area (TPSA) is 110 Å². The fourth-order valence-corrected chi connectivity index (χ4v) is 6.27. The first-order valence-corrected chi connectivity index (χ1v) is 14.3. The predicted octanol–water partition coefficient (Wildman–Crippen LogP) is 5.02. The molecule has 0 spiro atoms. The van der Waals surface area contributed by atoms with Crippen LogP contribution in [0, 0.1) is 11.6 Å². The zero-order valence-corrected chi connectivity index (χ0v) is 23.9. The Balaban J connectivity index is 1.50. The minimum atomic E-state index is -5.06. The lowest BCUT2D eigenvalue weighted by Gasteiger charge is -2.39. The number of benzene rings is 2. The Hall–Kier alpha value is -4.18. The Labute approximate surface area is 250 Å². The molecule has 2 saturated heterocycles. The Morgan fingerprint density at radius 2 is 1.95 bits per heavy atom. The molecule has 3 N–H and O–H groups in total. The van der Waals surface area contributed by atoms with Crippen molar-refractivity contribution in [2.75, 3.05) is 44.3 Å². The van der Waals surface area contributed by atoms with E-state index in [1.54, 1.807) is 11.9 Å². The molecule has 9 nitrogen and oxygen atoms in total. The summed E-state index contributed by atoms with van der Waals surface area (Å²) in [4.78, 5) is 27.5. The molecular formula is C28H25F6N7O2S. The lowest BCUT2D eigenvalue weighted by atomic mass is 9.95. The zero-order valence-electron chi connectivity index (χ0n) is 23.1. The molecule has 2 aromatic heterocycles. The number of likely N-dealkylation sites (tertiary alicyclic amines) is 2. The number of fused-ring (bicyclic) bond motifs is 2. The van der Waals surface area contributed by atoms with Gasteiger partial charge in [0.2, 0.25) is 5.91 Å². The number of carbonyl (C=O) groups is 1. The number of hydrogen-bond donors (Lipinski definition) is 2. The summed E-state index contributed by atoms with van der Waals surface area (Å²) < 4.78 is 94.2. The third kappa shape index (κ3) is 5.36. The Bertz CT molecular complexity index is 1790. The van der Waals surface area contributed by atoms with Gasteiger partial charge in [0, 0.05) is 42.2 Å². The van der Waals surface area contributed by atoms with Gasteiger partial charge in [-0.25, -0.2) is 18.2 Å². The molecular weight excluding hydrogens is 612 g/mol. The molecule has 0 bridgehead atoms. The Kier molecular flexibility index (Phi) is 7.52. The van der Waals surface area contributed by atoms with E-state index in [1.807, 2.05) is 0 Å². The number of nitrogens with zero attached hydrogens (tertiary/aromatic N) is 5. The highest BCUT2D eigenvalue weighted by Gasteiger charge is 2.39. The van der Waals surface area contributed by atoms with Crippen LogP contribution in [0.15, 0.2) is 30.9 Å². The molecule has 16 heteroatoms. The summed E-state index contributed by atoms with van der Waals surface area (Å²) in [5.41, 5.74) is 2.43. The van der Waals surface area contributed by atoms with Gasteiger partial charge < -0.3 is 20.7 Å². The van der Waals surface area contributed by atoms with Crippen LogP contribution in [0.5, 0.6) is 6.01 Å². The van der Waals surface area contributed by atoms with E-state index in [9.17, 15) is 26.7 Å². The molecule has 2 unspecified atom stereocenters. The number of rotatable bonds is 7. The first-order chi connectivity index (χ1) is 20.8. The van der Waals surface area contributed by atoms with E-state index in [1.165, 1.54) is 4.90 Å². The molecule has 4 heterocycles. The summed E-state index contributed by atoms with van der Waals surface area (Å²) in [6.07, 6.45) is -4.79. The lowest BCUT2D eigenvalue weighted by Crippen LogP contribution is -2.56. The van der Waals surface area contributed by atoms with Crippen molar-refractivity contribution in [3.63, 3.8) is 0 Å². The van der Waals surface area contributed by atoms with Gasteiger partial charge in [0.1, 0.15) is 29.9 Å².